The van der Waals surface area contributed by atoms with E-state index < -0.39 is 0 Å². The SMILES string of the molecule is COc1ccc(CCNC(=O)CCNc2cccc(F)c2)cc1. The van der Waals surface area contributed by atoms with Gasteiger partial charge in [-0.3, -0.25) is 4.79 Å². The normalized spacial score (nSPS) is 10.2. The van der Waals surface area contributed by atoms with E-state index in [9.17, 15) is 9.18 Å². The van der Waals surface area contributed by atoms with Gasteiger partial charge >= 0.3 is 0 Å². The van der Waals surface area contributed by atoms with E-state index in [1.165, 1.54) is 12.1 Å². The Kier molecular flexibility index (Phi) is 6.41. The Morgan fingerprint density at radius 2 is 1.91 bits per heavy atom. The molecule has 2 rings (SSSR count). The minimum absolute atomic E-state index is 0.0255. The van der Waals surface area contributed by atoms with E-state index in [2.05, 4.69) is 10.6 Å². The van der Waals surface area contributed by atoms with E-state index in [0.717, 1.165) is 17.7 Å². The fourth-order valence-electron chi connectivity index (χ4n) is 2.15. The van der Waals surface area contributed by atoms with Crippen LogP contribution in [-0.4, -0.2) is 26.1 Å². The summed E-state index contributed by atoms with van der Waals surface area (Å²) in [6.45, 7) is 1.06. The second kappa shape index (κ2) is 8.78. The van der Waals surface area contributed by atoms with Crippen LogP contribution in [0.2, 0.25) is 0 Å². The molecule has 23 heavy (non-hydrogen) atoms. The van der Waals surface area contributed by atoms with E-state index >= 15 is 0 Å². The molecule has 2 aromatic carbocycles. The van der Waals surface area contributed by atoms with Crippen molar-refractivity contribution in [1.29, 1.82) is 0 Å². The Hall–Kier alpha value is -2.56. The maximum absolute atomic E-state index is 13.0. The van der Waals surface area contributed by atoms with Crippen LogP contribution in [0.15, 0.2) is 48.5 Å². The smallest absolute Gasteiger partial charge is 0.221 e. The Balaban J connectivity index is 1.63. The molecule has 122 valence electrons. The first-order valence-corrected chi connectivity index (χ1v) is 7.56. The third-order valence-corrected chi connectivity index (χ3v) is 3.40. The molecule has 2 N–H and O–H groups in total. The van der Waals surface area contributed by atoms with Gasteiger partial charge in [0.25, 0.3) is 0 Å². The summed E-state index contributed by atoms with van der Waals surface area (Å²) in [5.74, 6) is 0.502. The molecule has 0 radical (unpaired) electrons. The molecule has 0 heterocycles. The highest BCUT2D eigenvalue weighted by Crippen LogP contribution is 2.11. The molecule has 4 nitrogen and oxygen atoms in total. The van der Waals surface area contributed by atoms with Crippen LogP contribution in [0.3, 0.4) is 0 Å². The quantitative estimate of drug-likeness (QED) is 0.787. The van der Waals surface area contributed by atoms with Crippen molar-refractivity contribution in [2.75, 3.05) is 25.5 Å². The van der Waals surface area contributed by atoms with Crippen molar-refractivity contribution in [3.05, 3.63) is 59.9 Å². The Morgan fingerprint density at radius 3 is 2.61 bits per heavy atom. The molecule has 0 aliphatic rings. The van der Waals surface area contributed by atoms with Crippen molar-refractivity contribution in [2.45, 2.75) is 12.8 Å². The first-order valence-electron chi connectivity index (χ1n) is 7.56. The highest BCUT2D eigenvalue weighted by atomic mass is 19.1. The van der Waals surface area contributed by atoms with Gasteiger partial charge in [0.15, 0.2) is 0 Å². The molecule has 0 spiro atoms. The summed E-state index contributed by atoms with van der Waals surface area (Å²) in [4.78, 5) is 11.7. The number of nitrogens with one attached hydrogen (secondary N) is 2. The van der Waals surface area contributed by atoms with Crippen LogP contribution in [0.1, 0.15) is 12.0 Å². The molecule has 5 heteroatoms. The predicted octanol–water partition coefficient (Wildman–Crippen LogP) is 3.00. The van der Waals surface area contributed by atoms with Crippen LogP contribution in [0, 0.1) is 5.82 Å². The molecule has 0 aromatic heterocycles. The monoisotopic (exact) mass is 316 g/mol. The fraction of sp³-hybridized carbons (Fsp3) is 0.278. The molecule has 2 aromatic rings. The van der Waals surface area contributed by atoms with Crippen molar-refractivity contribution < 1.29 is 13.9 Å². The molecule has 0 bridgehead atoms. The summed E-state index contributed by atoms with van der Waals surface area (Å²) in [6, 6.07) is 14.0. The number of carbonyl (C=O) groups excluding carboxylic acids is 1. The van der Waals surface area contributed by atoms with Crippen LogP contribution < -0.4 is 15.4 Å². The molecule has 0 aliphatic heterocycles. The van der Waals surface area contributed by atoms with Crippen molar-refractivity contribution in [1.82, 2.24) is 5.32 Å². The number of rotatable bonds is 8. The summed E-state index contributed by atoms with van der Waals surface area (Å²) in [5, 5.41) is 5.90. The third kappa shape index (κ3) is 5.98. The van der Waals surface area contributed by atoms with E-state index in [1.54, 1.807) is 19.2 Å². The fourth-order valence-corrected chi connectivity index (χ4v) is 2.15. The lowest BCUT2D eigenvalue weighted by Gasteiger charge is -2.08. The number of ether oxygens (including phenoxy) is 1. The molecule has 0 unspecified atom stereocenters. The van der Waals surface area contributed by atoms with Gasteiger partial charge in [-0.1, -0.05) is 18.2 Å². The number of halogens is 1. The Morgan fingerprint density at radius 1 is 1.13 bits per heavy atom. The first-order chi connectivity index (χ1) is 11.2. The van der Waals surface area contributed by atoms with Gasteiger partial charge in [-0.05, 0) is 42.3 Å². The highest BCUT2D eigenvalue weighted by Gasteiger charge is 2.02. The summed E-state index contributed by atoms with van der Waals surface area (Å²) < 4.78 is 18.1. The minimum atomic E-state index is -0.293. The Labute approximate surface area is 135 Å². The largest absolute Gasteiger partial charge is 0.497 e. The van der Waals surface area contributed by atoms with E-state index in [1.807, 2.05) is 24.3 Å². The number of hydrogen-bond acceptors (Lipinski definition) is 3. The zero-order valence-electron chi connectivity index (χ0n) is 13.1. The van der Waals surface area contributed by atoms with Crippen LogP contribution in [-0.2, 0) is 11.2 Å². The molecule has 0 saturated carbocycles. The number of carbonyl (C=O) groups is 1. The standard InChI is InChI=1S/C18H21FN2O2/c1-23-17-7-5-14(6-8-17)9-11-21-18(22)10-12-20-16-4-2-3-15(19)13-16/h2-8,13,20H,9-12H2,1H3,(H,21,22). The number of benzene rings is 2. The molecule has 1 amide bonds. The van der Waals surface area contributed by atoms with Crippen LogP contribution in [0.5, 0.6) is 5.75 Å². The van der Waals surface area contributed by atoms with Gasteiger partial charge in [0, 0.05) is 25.2 Å². The summed E-state index contributed by atoms with van der Waals surface area (Å²) in [6.07, 6.45) is 1.12. The van der Waals surface area contributed by atoms with E-state index in [4.69, 9.17) is 4.74 Å². The maximum atomic E-state index is 13.0. The highest BCUT2D eigenvalue weighted by molar-refractivity contribution is 5.76. The van der Waals surface area contributed by atoms with Gasteiger partial charge < -0.3 is 15.4 Å². The summed E-state index contributed by atoms with van der Waals surface area (Å²) in [5.41, 5.74) is 1.82. The number of anilines is 1. The molecule has 0 atom stereocenters. The molecular formula is C18H21FN2O2. The zero-order valence-corrected chi connectivity index (χ0v) is 13.1. The molecule has 0 saturated heterocycles. The average Bonchev–Trinajstić information content (AvgIpc) is 2.55. The predicted molar refractivity (Wildman–Crippen MR) is 89.2 cm³/mol. The van der Waals surface area contributed by atoms with Gasteiger partial charge in [-0.25, -0.2) is 4.39 Å². The first kappa shape index (κ1) is 16.8. The third-order valence-electron chi connectivity index (χ3n) is 3.40. The van der Waals surface area contributed by atoms with Crippen LogP contribution in [0.25, 0.3) is 0 Å². The van der Waals surface area contributed by atoms with Crippen LogP contribution in [0.4, 0.5) is 10.1 Å². The lowest BCUT2D eigenvalue weighted by atomic mass is 10.1. The summed E-state index contributed by atoms with van der Waals surface area (Å²) in [7, 11) is 1.63. The van der Waals surface area contributed by atoms with Crippen LogP contribution >= 0.6 is 0 Å². The lowest BCUT2D eigenvalue weighted by molar-refractivity contribution is -0.120. The second-order valence-electron chi connectivity index (χ2n) is 5.14. The second-order valence-corrected chi connectivity index (χ2v) is 5.14. The van der Waals surface area contributed by atoms with Gasteiger partial charge in [-0.2, -0.15) is 0 Å². The van der Waals surface area contributed by atoms with Gasteiger partial charge in [0.05, 0.1) is 7.11 Å². The molecule has 0 fully saturated rings. The average molecular weight is 316 g/mol. The molecular weight excluding hydrogens is 295 g/mol. The van der Waals surface area contributed by atoms with E-state index in [-0.39, 0.29) is 11.7 Å². The lowest BCUT2D eigenvalue weighted by Crippen LogP contribution is -2.27. The van der Waals surface area contributed by atoms with E-state index in [0.29, 0.717) is 25.2 Å². The number of methoxy groups -OCH3 is 1. The van der Waals surface area contributed by atoms with Gasteiger partial charge in [0.2, 0.25) is 5.91 Å². The van der Waals surface area contributed by atoms with Crippen molar-refractivity contribution in [2.24, 2.45) is 0 Å². The topological polar surface area (TPSA) is 50.4 Å². The minimum Gasteiger partial charge on any atom is -0.497 e. The van der Waals surface area contributed by atoms with Crippen molar-refractivity contribution in [3.8, 4) is 5.75 Å². The van der Waals surface area contributed by atoms with Crippen molar-refractivity contribution >= 4 is 11.6 Å². The van der Waals surface area contributed by atoms with Gasteiger partial charge in [0.1, 0.15) is 11.6 Å². The summed E-state index contributed by atoms with van der Waals surface area (Å²) >= 11 is 0. The van der Waals surface area contributed by atoms with Gasteiger partial charge in [-0.15, -0.1) is 0 Å². The van der Waals surface area contributed by atoms with Crippen molar-refractivity contribution in [3.63, 3.8) is 0 Å². The maximum Gasteiger partial charge on any atom is 0.221 e. The number of amides is 1. The Bertz CT molecular complexity index is 629. The molecule has 0 aliphatic carbocycles. The zero-order chi connectivity index (χ0) is 16.5. The number of hydrogen-bond donors (Lipinski definition) is 2.